The number of nitrogens with zero attached hydrogens (tertiary/aromatic N) is 4. The normalized spacial score (nSPS) is 15.4. The van der Waals surface area contributed by atoms with E-state index in [1.165, 1.54) is 0 Å². The number of anilines is 1. The minimum absolute atomic E-state index is 0.0272. The lowest BCUT2D eigenvalue weighted by Crippen LogP contribution is -2.30. The van der Waals surface area contributed by atoms with Crippen molar-refractivity contribution in [2.45, 2.75) is 32.7 Å². The second kappa shape index (κ2) is 11.8. The van der Waals surface area contributed by atoms with Gasteiger partial charge in [0.2, 0.25) is 0 Å². The van der Waals surface area contributed by atoms with Crippen molar-refractivity contribution < 1.29 is 14.3 Å². The molecule has 9 heteroatoms. The first-order valence-electron chi connectivity index (χ1n) is 12.3. The van der Waals surface area contributed by atoms with Gasteiger partial charge in [0.1, 0.15) is 23.3 Å². The predicted molar refractivity (Wildman–Crippen MR) is 154 cm³/mol. The van der Waals surface area contributed by atoms with Gasteiger partial charge in [-0.3, -0.25) is 9.69 Å². The van der Waals surface area contributed by atoms with Gasteiger partial charge in [0.15, 0.2) is 12.3 Å². The van der Waals surface area contributed by atoms with Crippen LogP contribution in [-0.4, -0.2) is 29.4 Å². The van der Waals surface area contributed by atoms with E-state index in [0.717, 1.165) is 16.8 Å². The molecule has 0 spiro atoms. The first-order chi connectivity index (χ1) is 18.8. The number of ether oxygens (including phenoxy) is 2. The molecule has 0 N–H and O–H groups in total. The van der Waals surface area contributed by atoms with E-state index in [1.54, 1.807) is 59.2 Å². The smallest absolute Gasteiger partial charge is 0.280 e. The zero-order valence-corrected chi connectivity index (χ0v) is 23.6. The van der Waals surface area contributed by atoms with Gasteiger partial charge >= 0.3 is 0 Å². The van der Waals surface area contributed by atoms with E-state index in [0.29, 0.717) is 38.6 Å². The van der Waals surface area contributed by atoms with Crippen molar-refractivity contribution in [3.63, 3.8) is 0 Å². The van der Waals surface area contributed by atoms with Gasteiger partial charge in [0.05, 0.1) is 24.5 Å². The van der Waals surface area contributed by atoms with E-state index in [9.17, 15) is 4.79 Å². The van der Waals surface area contributed by atoms with Crippen LogP contribution in [0.3, 0.4) is 0 Å². The molecule has 1 unspecified atom stereocenters. The number of aromatic nitrogens is 2. The molecule has 200 valence electrons. The van der Waals surface area contributed by atoms with Crippen LogP contribution in [0, 0.1) is 11.3 Å². The number of rotatable bonds is 9. The highest BCUT2D eigenvalue weighted by atomic mass is 35.5. The molecule has 4 rings (SSSR count). The summed E-state index contributed by atoms with van der Waals surface area (Å²) >= 11 is 12.6. The summed E-state index contributed by atoms with van der Waals surface area (Å²) in [6.07, 6.45) is 5.30. The quantitative estimate of drug-likeness (QED) is 0.199. The number of hydrogen-bond acceptors (Lipinski definition) is 5. The van der Waals surface area contributed by atoms with E-state index >= 15 is 0 Å². The van der Waals surface area contributed by atoms with Gasteiger partial charge in [-0.25, -0.2) is 4.68 Å². The first kappa shape index (κ1) is 28.0. The fourth-order valence-corrected chi connectivity index (χ4v) is 5.12. The highest BCUT2D eigenvalue weighted by Gasteiger charge is 2.46. The molecule has 3 aromatic rings. The maximum atomic E-state index is 14.2. The number of fused-ring (bicyclic) bond motifs is 1. The second-order valence-electron chi connectivity index (χ2n) is 9.05. The predicted octanol–water partition coefficient (Wildman–Crippen LogP) is 7.54. The topological polar surface area (TPSA) is 80.4 Å². The third-order valence-corrected chi connectivity index (χ3v) is 6.84. The van der Waals surface area contributed by atoms with Crippen LogP contribution in [-0.2, 0) is 4.74 Å². The maximum absolute atomic E-state index is 14.2. The highest BCUT2D eigenvalue weighted by molar-refractivity contribution is 6.31. The van der Waals surface area contributed by atoms with Gasteiger partial charge in [-0.05, 0) is 60.9 Å². The van der Waals surface area contributed by atoms with Gasteiger partial charge < -0.3 is 9.47 Å². The Morgan fingerprint density at radius 3 is 2.49 bits per heavy atom. The van der Waals surface area contributed by atoms with Gasteiger partial charge in [-0.15, -0.1) is 0 Å². The molecule has 0 aliphatic carbocycles. The average molecular weight is 563 g/mol. The number of halogens is 2. The Morgan fingerprint density at radius 1 is 1.21 bits per heavy atom. The summed E-state index contributed by atoms with van der Waals surface area (Å²) in [5.41, 5.74) is 3.81. The summed E-state index contributed by atoms with van der Waals surface area (Å²) in [7, 11) is 1.59. The number of carbonyl (C=O) groups is 1. The molecule has 0 saturated carbocycles. The Hall–Kier alpha value is -3.99. The highest BCUT2D eigenvalue weighted by Crippen LogP contribution is 2.48. The summed E-state index contributed by atoms with van der Waals surface area (Å²) in [6.45, 7) is 9.64. The number of allylic oxidation sites excluding steroid dienone is 4. The number of nitriles is 1. The average Bonchev–Trinajstić information content (AvgIpc) is 3.43. The molecule has 0 radical (unpaired) electrons. The van der Waals surface area contributed by atoms with E-state index in [1.807, 2.05) is 45.0 Å². The van der Waals surface area contributed by atoms with Gasteiger partial charge in [-0.2, -0.15) is 10.4 Å². The van der Waals surface area contributed by atoms with Gasteiger partial charge in [-0.1, -0.05) is 61.8 Å². The molecule has 2 aromatic carbocycles. The third kappa shape index (κ3) is 5.18. The van der Waals surface area contributed by atoms with Crippen LogP contribution in [0.4, 0.5) is 5.69 Å². The summed E-state index contributed by atoms with van der Waals surface area (Å²) in [5.74, 6) is 0.597. The Balaban J connectivity index is 2.04. The molecule has 1 aromatic heterocycles. The summed E-state index contributed by atoms with van der Waals surface area (Å²) < 4.78 is 13.1. The van der Waals surface area contributed by atoms with E-state index in [4.69, 9.17) is 43.0 Å². The number of amides is 1. The molecule has 2 heterocycles. The summed E-state index contributed by atoms with van der Waals surface area (Å²) in [6, 6.07) is 13.7. The molecule has 1 amide bonds. The minimum Gasteiger partial charge on any atom is -0.495 e. The van der Waals surface area contributed by atoms with Crippen LogP contribution in [0.1, 0.15) is 60.0 Å². The molecule has 0 fully saturated rings. The molecule has 7 nitrogen and oxygen atoms in total. The zero-order chi connectivity index (χ0) is 28.3. The Kier molecular flexibility index (Phi) is 8.49. The standard InChI is InChI=1S/C30H28Cl2N4O3/c1-6-8-22(24(7-2)38-5)36-28(18(3)4)26-27(34-36)30(37)35(29(26)19-9-11-20(31)12-10-19)23-17-21(32)13-14-25(23)39-16-15-33/h6-14,17-18,29H,1,16H2,2-5H3/b22-8+,24-7+. The Morgan fingerprint density at radius 2 is 1.90 bits per heavy atom. The SMILES string of the molecule is C=C/C=C(\C(=C/C)OC)n1nc2c(c1C(C)C)C(c1ccc(Cl)cc1)N(c1cc(Cl)ccc1OCC#N)C2=O. The molecule has 0 bridgehead atoms. The fourth-order valence-electron chi connectivity index (χ4n) is 4.83. The zero-order valence-electron chi connectivity index (χ0n) is 22.1. The third-order valence-electron chi connectivity index (χ3n) is 6.36. The van der Waals surface area contributed by atoms with Crippen molar-refractivity contribution in [2.24, 2.45) is 0 Å². The molecular weight excluding hydrogens is 535 g/mol. The van der Waals surface area contributed by atoms with E-state index in [-0.39, 0.29) is 18.4 Å². The van der Waals surface area contributed by atoms with E-state index < -0.39 is 6.04 Å². The van der Waals surface area contributed by atoms with Crippen LogP contribution in [0.2, 0.25) is 10.0 Å². The van der Waals surface area contributed by atoms with Crippen molar-refractivity contribution in [1.82, 2.24) is 9.78 Å². The lowest BCUT2D eigenvalue weighted by atomic mass is 9.94. The molecule has 0 saturated heterocycles. The van der Waals surface area contributed by atoms with Crippen molar-refractivity contribution in [3.8, 4) is 11.8 Å². The Bertz CT molecular complexity index is 1510. The second-order valence-corrected chi connectivity index (χ2v) is 9.92. The lowest BCUT2D eigenvalue weighted by Gasteiger charge is -2.29. The van der Waals surface area contributed by atoms with Gasteiger partial charge in [0.25, 0.3) is 5.91 Å². The van der Waals surface area contributed by atoms with Crippen molar-refractivity contribution >= 4 is 40.5 Å². The minimum atomic E-state index is -0.569. The maximum Gasteiger partial charge on any atom is 0.280 e. The van der Waals surface area contributed by atoms with Crippen LogP contribution < -0.4 is 9.64 Å². The van der Waals surface area contributed by atoms with Crippen LogP contribution in [0.5, 0.6) is 5.75 Å². The summed E-state index contributed by atoms with van der Waals surface area (Å²) in [5, 5.41) is 15.0. The molecule has 39 heavy (non-hydrogen) atoms. The number of benzene rings is 2. The summed E-state index contributed by atoms with van der Waals surface area (Å²) in [4.78, 5) is 15.9. The number of hydrogen-bond donors (Lipinski definition) is 0. The van der Waals surface area contributed by atoms with Crippen LogP contribution in [0.25, 0.3) is 5.70 Å². The van der Waals surface area contributed by atoms with Crippen LogP contribution >= 0.6 is 23.2 Å². The molecule has 1 aliphatic rings. The van der Waals surface area contributed by atoms with Crippen molar-refractivity contribution in [1.29, 1.82) is 5.26 Å². The largest absolute Gasteiger partial charge is 0.495 e. The van der Waals surface area contributed by atoms with Crippen molar-refractivity contribution in [3.05, 3.63) is 106 Å². The molecular formula is C30H28Cl2N4O3. The Labute approximate surface area is 238 Å². The van der Waals surface area contributed by atoms with E-state index in [2.05, 4.69) is 6.58 Å². The molecule has 1 atom stereocenters. The van der Waals surface area contributed by atoms with Crippen molar-refractivity contribution in [2.75, 3.05) is 18.6 Å². The number of methoxy groups -OCH3 is 1. The first-order valence-corrected chi connectivity index (χ1v) is 13.1. The monoisotopic (exact) mass is 562 g/mol. The lowest BCUT2D eigenvalue weighted by molar-refractivity contribution is 0.0987. The number of carbonyl (C=O) groups excluding carboxylic acids is 1. The molecule has 1 aliphatic heterocycles. The van der Waals surface area contributed by atoms with Gasteiger partial charge in [0, 0.05) is 15.6 Å². The fraction of sp³-hybridized carbons (Fsp3) is 0.233. The van der Waals surface area contributed by atoms with Crippen LogP contribution in [0.15, 0.2) is 73.0 Å².